The molecule has 104 valence electrons. The number of fused-ring (bicyclic) bond motifs is 1. The Morgan fingerprint density at radius 3 is 3.11 bits per heavy atom. The Kier molecular flexibility index (Phi) is 4.80. The van der Waals surface area contributed by atoms with Crippen LogP contribution in [0.25, 0.3) is 0 Å². The number of hydrogen-bond acceptors (Lipinski definition) is 3. The second-order valence-electron chi connectivity index (χ2n) is 5.00. The molecule has 0 bridgehead atoms. The van der Waals surface area contributed by atoms with Crippen molar-refractivity contribution in [1.82, 2.24) is 5.32 Å². The minimum atomic E-state index is 0.0667. The molecule has 2 N–H and O–H groups in total. The first-order chi connectivity index (χ1) is 9.20. The lowest BCUT2D eigenvalue weighted by Gasteiger charge is -2.15. The summed E-state index contributed by atoms with van der Waals surface area (Å²) < 4.78 is 5.30. The van der Waals surface area contributed by atoms with Gasteiger partial charge in [0.1, 0.15) is 0 Å². The number of nitrogens with one attached hydrogen (secondary N) is 2. The number of benzene rings is 1. The van der Waals surface area contributed by atoms with Gasteiger partial charge in [-0.3, -0.25) is 4.79 Å². The van der Waals surface area contributed by atoms with Crippen LogP contribution in [-0.4, -0.2) is 31.7 Å². The summed E-state index contributed by atoms with van der Waals surface area (Å²) in [5.74, 6) is 0.367. The van der Waals surface area contributed by atoms with Crippen LogP contribution in [0.4, 0.5) is 5.69 Å². The number of carbonyl (C=O) groups is 1. The van der Waals surface area contributed by atoms with Crippen molar-refractivity contribution >= 4 is 11.6 Å². The Labute approximate surface area is 114 Å². The number of carbonyl (C=O) groups excluding carboxylic acids is 1. The minimum absolute atomic E-state index is 0.0667. The van der Waals surface area contributed by atoms with Gasteiger partial charge in [0.25, 0.3) is 0 Å². The summed E-state index contributed by atoms with van der Waals surface area (Å²) in [4.78, 5) is 12.0. The topological polar surface area (TPSA) is 50.4 Å². The van der Waals surface area contributed by atoms with Crippen LogP contribution in [0.15, 0.2) is 24.3 Å². The molecule has 0 radical (unpaired) electrons. The molecule has 1 amide bonds. The number of hydrogen-bond donors (Lipinski definition) is 2. The fourth-order valence-corrected chi connectivity index (χ4v) is 2.43. The second-order valence-corrected chi connectivity index (χ2v) is 5.00. The molecule has 1 aromatic carbocycles. The molecule has 1 heterocycles. The van der Waals surface area contributed by atoms with E-state index in [1.54, 1.807) is 0 Å². The maximum Gasteiger partial charge on any atom is 0.220 e. The van der Waals surface area contributed by atoms with Crippen molar-refractivity contribution in [3.05, 3.63) is 29.8 Å². The summed E-state index contributed by atoms with van der Waals surface area (Å²) in [5, 5.41) is 6.32. The molecule has 1 aliphatic rings. The molecule has 0 aliphatic carbocycles. The van der Waals surface area contributed by atoms with Crippen LogP contribution >= 0.6 is 0 Å². The lowest BCUT2D eigenvalue weighted by molar-refractivity contribution is -0.122. The van der Waals surface area contributed by atoms with Crippen molar-refractivity contribution in [3.8, 4) is 0 Å². The summed E-state index contributed by atoms with van der Waals surface area (Å²) in [7, 11) is 0. The predicted molar refractivity (Wildman–Crippen MR) is 76.4 cm³/mol. The second kappa shape index (κ2) is 6.57. The van der Waals surface area contributed by atoms with E-state index in [0.717, 1.165) is 12.2 Å². The summed E-state index contributed by atoms with van der Waals surface area (Å²) in [6, 6.07) is 8.26. The zero-order valence-corrected chi connectivity index (χ0v) is 11.6. The fraction of sp³-hybridized carbons (Fsp3) is 0.533. The molecular formula is C15H22N2O2. The van der Waals surface area contributed by atoms with Gasteiger partial charge in [-0.05, 0) is 25.5 Å². The van der Waals surface area contributed by atoms with E-state index < -0.39 is 0 Å². The molecule has 2 unspecified atom stereocenters. The van der Waals surface area contributed by atoms with Crippen molar-refractivity contribution in [2.45, 2.75) is 32.2 Å². The Morgan fingerprint density at radius 2 is 2.32 bits per heavy atom. The quantitative estimate of drug-likeness (QED) is 0.825. The molecule has 19 heavy (non-hydrogen) atoms. The average molecular weight is 262 g/mol. The van der Waals surface area contributed by atoms with Crippen LogP contribution in [0.1, 0.15) is 31.7 Å². The van der Waals surface area contributed by atoms with Crippen LogP contribution in [-0.2, 0) is 9.53 Å². The Hall–Kier alpha value is -1.55. The van der Waals surface area contributed by atoms with Gasteiger partial charge in [0.05, 0.1) is 6.61 Å². The van der Waals surface area contributed by atoms with Crippen LogP contribution in [0, 0.1) is 0 Å². The van der Waals surface area contributed by atoms with E-state index >= 15 is 0 Å². The van der Waals surface area contributed by atoms with Crippen LogP contribution in [0.2, 0.25) is 0 Å². The van der Waals surface area contributed by atoms with Crippen molar-refractivity contribution in [1.29, 1.82) is 0 Å². The Morgan fingerprint density at radius 1 is 1.53 bits per heavy atom. The Balaban J connectivity index is 1.84. The van der Waals surface area contributed by atoms with Gasteiger partial charge in [-0.2, -0.15) is 0 Å². The SMILES string of the molecule is CCOCC(C)NC(=O)CC1CNc2ccccc21. The highest BCUT2D eigenvalue weighted by Gasteiger charge is 2.24. The molecule has 0 aromatic heterocycles. The van der Waals surface area contributed by atoms with Crippen molar-refractivity contribution in [3.63, 3.8) is 0 Å². The van der Waals surface area contributed by atoms with E-state index in [0.29, 0.717) is 19.6 Å². The van der Waals surface area contributed by atoms with E-state index in [1.807, 2.05) is 26.0 Å². The van der Waals surface area contributed by atoms with E-state index in [2.05, 4.69) is 22.8 Å². The molecule has 1 aliphatic heterocycles. The summed E-state index contributed by atoms with van der Waals surface area (Å²) in [6.45, 7) is 6.01. The molecule has 1 aromatic rings. The van der Waals surface area contributed by atoms with Gasteiger partial charge in [0, 0.05) is 37.2 Å². The molecule has 0 fully saturated rings. The van der Waals surface area contributed by atoms with E-state index in [4.69, 9.17) is 4.74 Å². The zero-order chi connectivity index (χ0) is 13.7. The average Bonchev–Trinajstić information content (AvgIpc) is 2.80. The summed E-state index contributed by atoms with van der Waals surface area (Å²) in [6.07, 6.45) is 0.528. The van der Waals surface area contributed by atoms with Gasteiger partial charge >= 0.3 is 0 Å². The molecule has 4 nitrogen and oxygen atoms in total. The standard InChI is InChI=1S/C15H22N2O2/c1-3-19-10-11(2)17-15(18)8-12-9-16-14-7-5-4-6-13(12)14/h4-7,11-12,16H,3,8-10H2,1-2H3,(H,17,18). The van der Waals surface area contributed by atoms with Crippen molar-refractivity contribution in [2.24, 2.45) is 0 Å². The van der Waals surface area contributed by atoms with E-state index in [-0.39, 0.29) is 17.9 Å². The highest BCUT2D eigenvalue weighted by Crippen LogP contribution is 2.32. The lowest BCUT2D eigenvalue weighted by atomic mass is 9.97. The summed E-state index contributed by atoms with van der Waals surface area (Å²) >= 11 is 0. The first-order valence-corrected chi connectivity index (χ1v) is 6.90. The highest BCUT2D eigenvalue weighted by atomic mass is 16.5. The lowest BCUT2D eigenvalue weighted by Crippen LogP contribution is -2.36. The molecular weight excluding hydrogens is 240 g/mol. The third-order valence-electron chi connectivity index (χ3n) is 3.35. The largest absolute Gasteiger partial charge is 0.384 e. The number of ether oxygens (including phenoxy) is 1. The number of rotatable bonds is 6. The van der Waals surface area contributed by atoms with Gasteiger partial charge in [-0.1, -0.05) is 18.2 Å². The molecule has 0 saturated carbocycles. The third-order valence-corrected chi connectivity index (χ3v) is 3.35. The van der Waals surface area contributed by atoms with Crippen LogP contribution in [0.3, 0.4) is 0 Å². The normalized spacial score (nSPS) is 18.5. The minimum Gasteiger partial charge on any atom is -0.384 e. The first-order valence-electron chi connectivity index (χ1n) is 6.90. The first kappa shape index (κ1) is 13.9. The monoisotopic (exact) mass is 262 g/mol. The van der Waals surface area contributed by atoms with Gasteiger partial charge in [0.2, 0.25) is 5.91 Å². The van der Waals surface area contributed by atoms with Gasteiger partial charge in [-0.15, -0.1) is 0 Å². The molecule has 0 saturated heterocycles. The van der Waals surface area contributed by atoms with Crippen molar-refractivity contribution < 1.29 is 9.53 Å². The van der Waals surface area contributed by atoms with Crippen molar-refractivity contribution in [2.75, 3.05) is 25.1 Å². The molecule has 4 heteroatoms. The van der Waals surface area contributed by atoms with Gasteiger partial charge < -0.3 is 15.4 Å². The van der Waals surface area contributed by atoms with Gasteiger partial charge in [-0.25, -0.2) is 0 Å². The predicted octanol–water partition coefficient (Wildman–Crippen LogP) is 2.13. The maximum absolute atomic E-state index is 12.0. The zero-order valence-electron chi connectivity index (χ0n) is 11.6. The molecule has 2 rings (SSSR count). The smallest absolute Gasteiger partial charge is 0.220 e. The van der Waals surface area contributed by atoms with Gasteiger partial charge in [0.15, 0.2) is 0 Å². The molecule has 2 atom stereocenters. The van der Waals surface area contributed by atoms with Crippen LogP contribution in [0.5, 0.6) is 0 Å². The van der Waals surface area contributed by atoms with Crippen LogP contribution < -0.4 is 10.6 Å². The highest BCUT2D eigenvalue weighted by molar-refractivity contribution is 5.78. The Bertz CT molecular complexity index is 434. The number of para-hydroxylation sites is 1. The summed E-state index contributed by atoms with van der Waals surface area (Å²) in [5.41, 5.74) is 2.40. The maximum atomic E-state index is 12.0. The molecule has 0 spiro atoms. The number of amides is 1. The van der Waals surface area contributed by atoms with E-state index in [9.17, 15) is 4.79 Å². The fourth-order valence-electron chi connectivity index (χ4n) is 2.43. The van der Waals surface area contributed by atoms with E-state index in [1.165, 1.54) is 5.56 Å². The number of anilines is 1. The third kappa shape index (κ3) is 3.70.